The molecular formula is C14H28. The topological polar surface area (TPSA) is 0 Å². The molecule has 4 atom stereocenters. The Hall–Kier alpha value is 0. The quantitative estimate of drug-likeness (QED) is 0.619. The molecule has 0 saturated heterocycles. The summed E-state index contributed by atoms with van der Waals surface area (Å²) < 4.78 is 0. The van der Waals surface area contributed by atoms with Gasteiger partial charge in [0.05, 0.1) is 0 Å². The van der Waals surface area contributed by atoms with E-state index < -0.39 is 0 Å². The zero-order valence-electron chi connectivity index (χ0n) is 10.9. The second kappa shape index (κ2) is 4.68. The minimum Gasteiger partial charge on any atom is -0.0651 e. The molecule has 0 amide bonds. The lowest BCUT2D eigenvalue weighted by molar-refractivity contribution is 0.167. The minimum atomic E-state index is 0.869. The number of hydrogen-bond donors (Lipinski definition) is 0. The van der Waals surface area contributed by atoms with Gasteiger partial charge in [0.1, 0.15) is 0 Å². The van der Waals surface area contributed by atoms with Gasteiger partial charge in [0.15, 0.2) is 0 Å². The van der Waals surface area contributed by atoms with Crippen LogP contribution in [-0.4, -0.2) is 0 Å². The molecule has 0 bridgehead atoms. The standard InChI is InChI=1S/C14H28/c1-7-12-8-11(6)13(9(2)3)14(12)10(4)5/h9-14H,7-8H2,1-6H3. The Bertz CT molecular complexity index is 169. The van der Waals surface area contributed by atoms with Gasteiger partial charge in [0.25, 0.3) is 0 Å². The fourth-order valence-electron chi connectivity index (χ4n) is 4.01. The molecule has 0 spiro atoms. The van der Waals surface area contributed by atoms with Gasteiger partial charge in [-0.2, -0.15) is 0 Å². The smallest absolute Gasteiger partial charge is 0.0329 e. The maximum absolute atomic E-state index is 2.47. The van der Waals surface area contributed by atoms with Crippen molar-refractivity contribution in [2.24, 2.45) is 35.5 Å². The predicted octanol–water partition coefficient (Wildman–Crippen LogP) is 4.60. The molecule has 0 aromatic heterocycles. The van der Waals surface area contributed by atoms with Crippen LogP contribution in [-0.2, 0) is 0 Å². The molecule has 4 unspecified atom stereocenters. The Morgan fingerprint density at radius 1 is 1.00 bits per heavy atom. The van der Waals surface area contributed by atoms with Crippen LogP contribution in [0.2, 0.25) is 0 Å². The molecular weight excluding hydrogens is 168 g/mol. The molecule has 1 rings (SSSR count). The van der Waals surface area contributed by atoms with Crippen LogP contribution in [0.15, 0.2) is 0 Å². The van der Waals surface area contributed by atoms with E-state index in [1.807, 2.05) is 0 Å². The van der Waals surface area contributed by atoms with Crippen LogP contribution in [0.1, 0.15) is 54.4 Å². The zero-order chi connectivity index (χ0) is 10.9. The van der Waals surface area contributed by atoms with Gasteiger partial charge in [-0.25, -0.2) is 0 Å². The summed E-state index contributed by atoms with van der Waals surface area (Å²) in [5, 5.41) is 0. The third-order valence-electron chi connectivity index (χ3n) is 4.38. The second-order valence-electron chi connectivity index (χ2n) is 6.02. The second-order valence-corrected chi connectivity index (χ2v) is 6.02. The Balaban J connectivity index is 2.80. The van der Waals surface area contributed by atoms with Gasteiger partial charge in [0, 0.05) is 0 Å². The van der Waals surface area contributed by atoms with Gasteiger partial charge in [-0.3, -0.25) is 0 Å². The first-order chi connectivity index (χ1) is 6.49. The summed E-state index contributed by atoms with van der Waals surface area (Å²) in [5.74, 6) is 5.64. The summed E-state index contributed by atoms with van der Waals surface area (Å²) in [7, 11) is 0. The van der Waals surface area contributed by atoms with Crippen molar-refractivity contribution in [1.29, 1.82) is 0 Å². The van der Waals surface area contributed by atoms with Crippen molar-refractivity contribution in [3.05, 3.63) is 0 Å². The molecule has 0 aromatic carbocycles. The molecule has 0 radical (unpaired) electrons. The Labute approximate surface area is 90.5 Å². The third kappa shape index (κ3) is 2.15. The van der Waals surface area contributed by atoms with E-state index in [9.17, 15) is 0 Å². The predicted molar refractivity (Wildman–Crippen MR) is 64.2 cm³/mol. The van der Waals surface area contributed by atoms with Gasteiger partial charge in [0.2, 0.25) is 0 Å². The maximum atomic E-state index is 2.47. The van der Waals surface area contributed by atoms with Crippen molar-refractivity contribution < 1.29 is 0 Å². The summed E-state index contributed by atoms with van der Waals surface area (Å²) in [6, 6.07) is 0. The van der Waals surface area contributed by atoms with E-state index in [4.69, 9.17) is 0 Å². The number of hydrogen-bond acceptors (Lipinski definition) is 0. The lowest BCUT2D eigenvalue weighted by Gasteiger charge is -2.32. The normalized spacial score (nSPS) is 38.6. The van der Waals surface area contributed by atoms with E-state index in [1.54, 1.807) is 0 Å². The lowest BCUT2D eigenvalue weighted by atomic mass is 9.74. The summed E-state index contributed by atoms with van der Waals surface area (Å²) in [5.41, 5.74) is 0. The summed E-state index contributed by atoms with van der Waals surface area (Å²) >= 11 is 0. The van der Waals surface area contributed by atoms with Gasteiger partial charge >= 0.3 is 0 Å². The first-order valence-electron chi connectivity index (χ1n) is 6.49. The van der Waals surface area contributed by atoms with Crippen LogP contribution in [0.5, 0.6) is 0 Å². The molecule has 0 N–H and O–H groups in total. The zero-order valence-corrected chi connectivity index (χ0v) is 10.9. The highest BCUT2D eigenvalue weighted by molar-refractivity contribution is 4.91. The molecule has 0 heterocycles. The molecule has 0 aliphatic heterocycles. The third-order valence-corrected chi connectivity index (χ3v) is 4.38. The molecule has 0 aromatic rings. The Morgan fingerprint density at radius 3 is 1.86 bits per heavy atom. The Morgan fingerprint density at radius 2 is 1.50 bits per heavy atom. The van der Waals surface area contributed by atoms with Gasteiger partial charge in [-0.15, -0.1) is 0 Å². The van der Waals surface area contributed by atoms with Crippen LogP contribution in [0, 0.1) is 35.5 Å². The first-order valence-corrected chi connectivity index (χ1v) is 6.49. The molecule has 1 aliphatic rings. The van der Waals surface area contributed by atoms with E-state index in [-0.39, 0.29) is 0 Å². The average molecular weight is 196 g/mol. The summed E-state index contributed by atoms with van der Waals surface area (Å²) in [4.78, 5) is 0. The van der Waals surface area contributed by atoms with E-state index in [0.717, 1.165) is 35.5 Å². The first kappa shape index (κ1) is 12.1. The van der Waals surface area contributed by atoms with E-state index in [1.165, 1.54) is 12.8 Å². The molecule has 1 saturated carbocycles. The highest BCUT2D eigenvalue weighted by atomic mass is 14.5. The average Bonchev–Trinajstić information content (AvgIpc) is 2.41. The van der Waals surface area contributed by atoms with E-state index >= 15 is 0 Å². The van der Waals surface area contributed by atoms with Crippen LogP contribution in [0.3, 0.4) is 0 Å². The van der Waals surface area contributed by atoms with Crippen molar-refractivity contribution in [2.45, 2.75) is 54.4 Å². The lowest BCUT2D eigenvalue weighted by Crippen LogP contribution is -2.26. The van der Waals surface area contributed by atoms with Gasteiger partial charge in [-0.1, -0.05) is 48.0 Å². The van der Waals surface area contributed by atoms with Gasteiger partial charge < -0.3 is 0 Å². The van der Waals surface area contributed by atoms with Crippen LogP contribution >= 0.6 is 0 Å². The van der Waals surface area contributed by atoms with E-state index in [2.05, 4.69) is 41.5 Å². The molecule has 14 heavy (non-hydrogen) atoms. The molecule has 0 heteroatoms. The highest BCUT2D eigenvalue weighted by Crippen LogP contribution is 2.49. The van der Waals surface area contributed by atoms with Crippen LogP contribution < -0.4 is 0 Å². The van der Waals surface area contributed by atoms with Crippen molar-refractivity contribution >= 4 is 0 Å². The fraction of sp³-hybridized carbons (Fsp3) is 1.00. The SMILES string of the molecule is CCC1CC(C)C(C(C)C)C1C(C)C. The monoisotopic (exact) mass is 196 g/mol. The van der Waals surface area contributed by atoms with Crippen molar-refractivity contribution in [1.82, 2.24) is 0 Å². The van der Waals surface area contributed by atoms with Crippen molar-refractivity contribution in [3.63, 3.8) is 0 Å². The van der Waals surface area contributed by atoms with Crippen molar-refractivity contribution in [2.75, 3.05) is 0 Å². The van der Waals surface area contributed by atoms with Crippen molar-refractivity contribution in [3.8, 4) is 0 Å². The summed E-state index contributed by atoms with van der Waals surface area (Å²) in [6.45, 7) is 14.5. The molecule has 84 valence electrons. The minimum absolute atomic E-state index is 0.869. The fourth-order valence-corrected chi connectivity index (χ4v) is 4.01. The molecule has 1 aliphatic carbocycles. The molecule has 0 nitrogen and oxygen atoms in total. The van der Waals surface area contributed by atoms with E-state index in [0.29, 0.717) is 0 Å². The van der Waals surface area contributed by atoms with Crippen LogP contribution in [0.25, 0.3) is 0 Å². The van der Waals surface area contributed by atoms with Crippen LogP contribution in [0.4, 0.5) is 0 Å². The molecule has 1 fully saturated rings. The summed E-state index contributed by atoms with van der Waals surface area (Å²) in [6.07, 6.45) is 2.86. The number of rotatable bonds is 3. The maximum Gasteiger partial charge on any atom is -0.0329 e. The highest BCUT2D eigenvalue weighted by Gasteiger charge is 2.42. The Kier molecular flexibility index (Phi) is 4.04. The van der Waals surface area contributed by atoms with Gasteiger partial charge in [-0.05, 0) is 41.9 Å². The largest absolute Gasteiger partial charge is 0.0651 e.